The summed E-state index contributed by atoms with van der Waals surface area (Å²) in [4.78, 5) is 17.6. The Morgan fingerprint density at radius 1 is 1.17 bits per heavy atom. The van der Waals surface area contributed by atoms with Gasteiger partial charge in [-0.2, -0.15) is 0 Å². The van der Waals surface area contributed by atoms with Gasteiger partial charge in [0.25, 0.3) is 5.91 Å². The normalized spacial score (nSPS) is 10.5. The van der Waals surface area contributed by atoms with Gasteiger partial charge in [0.05, 0.1) is 21.9 Å². The van der Waals surface area contributed by atoms with Gasteiger partial charge in [0.1, 0.15) is 0 Å². The van der Waals surface area contributed by atoms with Gasteiger partial charge in [0.15, 0.2) is 0 Å². The molecule has 3 rings (SSSR count). The molecule has 3 nitrogen and oxygen atoms in total. The van der Waals surface area contributed by atoms with Gasteiger partial charge in [0, 0.05) is 21.6 Å². The number of rotatable bonds is 5. The van der Waals surface area contributed by atoms with Gasteiger partial charge in [-0.3, -0.25) is 4.79 Å². The Morgan fingerprint density at radius 2 is 1.96 bits per heavy atom. The van der Waals surface area contributed by atoms with Crippen LogP contribution in [0.5, 0.6) is 0 Å². The van der Waals surface area contributed by atoms with E-state index >= 15 is 0 Å². The van der Waals surface area contributed by atoms with Gasteiger partial charge in [-0.25, -0.2) is 4.98 Å². The monoisotopic (exact) mass is 360 g/mol. The van der Waals surface area contributed by atoms with Crippen LogP contribution in [0.4, 0.5) is 5.69 Å². The lowest BCUT2D eigenvalue weighted by Crippen LogP contribution is -2.11. The number of carbonyl (C=O) groups is 1. The van der Waals surface area contributed by atoms with Crippen molar-refractivity contribution in [2.75, 3.05) is 5.32 Å². The van der Waals surface area contributed by atoms with Crippen LogP contribution in [0, 0.1) is 0 Å². The molecule has 0 saturated carbocycles. The first-order valence-electron chi connectivity index (χ1n) is 6.88. The Labute approximate surface area is 147 Å². The number of benzene rings is 2. The fourth-order valence-corrected chi connectivity index (χ4v) is 3.57. The highest BCUT2D eigenvalue weighted by Crippen LogP contribution is 2.24. The Balaban J connectivity index is 1.62. The number of nitrogens with zero attached hydrogens (tertiary/aromatic N) is 1. The molecule has 0 unspecified atom stereocenters. The fourth-order valence-electron chi connectivity index (χ4n) is 1.93. The molecule has 1 N–H and O–H groups in total. The lowest BCUT2D eigenvalue weighted by atomic mass is 10.2. The first kappa shape index (κ1) is 16.1. The zero-order valence-corrected chi connectivity index (χ0v) is 14.4. The van der Waals surface area contributed by atoms with E-state index in [1.165, 1.54) is 0 Å². The Hall–Kier alpha value is -1.82. The van der Waals surface area contributed by atoms with Crippen molar-refractivity contribution in [1.82, 2.24) is 4.98 Å². The molecule has 0 spiro atoms. The highest BCUT2D eigenvalue weighted by Gasteiger charge is 2.08. The van der Waals surface area contributed by atoms with E-state index in [9.17, 15) is 4.79 Å². The molecule has 0 fully saturated rings. The smallest absolute Gasteiger partial charge is 0.255 e. The number of para-hydroxylation sites is 1. The molecule has 0 bridgehead atoms. The number of hydrogen-bond donors (Lipinski definition) is 1. The average Bonchev–Trinajstić information content (AvgIpc) is 3.09. The molecule has 6 heteroatoms. The van der Waals surface area contributed by atoms with E-state index in [1.54, 1.807) is 35.2 Å². The Morgan fingerprint density at radius 3 is 2.65 bits per heavy atom. The zero-order chi connectivity index (χ0) is 16.1. The van der Waals surface area contributed by atoms with Crippen molar-refractivity contribution in [3.05, 3.63) is 75.7 Å². The highest BCUT2D eigenvalue weighted by atomic mass is 35.5. The van der Waals surface area contributed by atoms with E-state index in [0.717, 1.165) is 16.3 Å². The lowest BCUT2D eigenvalue weighted by molar-refractivity contribution is 0.102. The number of hydrogen-bond acceptors (Lipinski definition) is 4. The Kier molecular flexibility index (Phi) is 5.33. The predicted molar refractivity (Wildman–Crippen MR) is 97.5 cm³/mol. The molecule has 0 aliphatic rings. The molecule has 116 valence electrons. The number of amides is 1. The van der Waals surface area contributed by atoms with Crippen LogP contribution < -0.4 is 5.32 Å². The van der Waals surface area contributed by atoms with E-state index in [1.807, 2.05) is 47.3 Å². The van der Waals surface area contributed by atoms with Crippen molar-refractivity contribution in [3.63, 3.8) is 0 Å². The summed E-state index contributed by atoms with van der Waals surface area (Å²) in [5, 5.41) is 5.38. The molecule has 1 aromatic heterocycles. The molecule has 0 atom stereocenters. The number of thioether (sulfide) groups is 1. The molecular weight excluding hydrogens is 348 g/mol. The first-order valence-corrected chi connectivity index (χ1v) is 9.19. The SMILES string of the molecule is O=C(Nc1ccccc1Cl)c1ccc(SCc2cscn2)cc1. The third-order valence-corrected chi connectivity index (χ3v) is 5.12. The summed E-state index contributed by atoms with van der Waals surface area (Å²) in [5.41, 5.74) is 4.11. The van der Waals surface area contributed by atoms with Gasteiger partial charge in [-0.15, -0.1) is 23.1 Å². The summed E-state index contributed by atoms with van der Waals surface area (Å²) in [5.74, 6) is 0.656. The van der Waals surface area contributed by atoms with E-state index in [4.69, 9.17) is 11.6 Å². The van der Waals surface area contributed by atoms with E-state index in [0.29, 0.717) is 16.3 Å². The van der Waals surface area contributed by atoms with Gasteiger partial charge >= 0.3 is 0 Å². The minimum atomic E-state index is -0.172. The van der Waals surface area contributed by atoms with Crippen molar-refractivity contribution < 1.29 is 4.79 Å². The molecular formula is C17H13ClN2OS2. The number of thiazole rings is 1. The molecule has 0 radical (unpaired) electrons. The summed E-state index contributed by atoms with van der Waals surface area (Å²) < 4.78 is 0. The van der Waals surface area contributed by atoms with Crippen molar-refractivity contribution in [2.24, 2.45) is 0 Å². The maximum absolute atomic E-state index is 12.2. The van der Waals surface area contributed by atoms with Crippen molar-refractivity contribution in [1.29, 1.82) is 0 Å². The van der Waals surface area contributed by atoms with Crippen molar-refractivity contribution in [2.45, 2.75) is 10.6 Å². The van der Waals surface area contributed by atoms with E-state index < -0.39 is 0 Å². The summed E-state index contributed by atoms with van der Waals surface area (Å²) in [6, 6.07) is 14.7. The van der Waals surface area contributed by atoms with Crippen LogP contribution in [-0.2, 0) is 5.75 Å². The molecule has 23 heavy (non-hydrogen) atoms. The molecule has 0 aliphatic carbocycles. The van der Waals surface area contributed by atoms with E-state index in [2.05, 4.69) is 10.3 Å². The third kappa shape index (κ3) is 4.34. The number of halogens is 1. The van der Waals surface area contributed by atoms with Crippen LogP contribution in [0.15, 0.2) is 64.3 Å². The Bertz CT molecular complexity index is 789. The first-order chi connectivity index (χ1) is 11.2. The minimum Gasteiger partial charge on any atom is -0.321 e. The molecule has 0 aliphatic heterocycles. The number of anilines is 1. The summed E-state index contributed by atoms with van der Waals surface area (Å²) in [7, 11) is 0. The van der Waals surface area contributed by atoms with Crippen LogP contribution in [0.2, 0.25) is 5.02 Å². The van der Waals surface area contributed by atoms with Crippen LogP contribution in [-0.4, -0.2) is 10.9 Å². The fraction of sp³-hybridized carbons (Fsp3) is 0.0588. The number of nitrogens with one attached hydrogen (secondary N) is 1. The van der Waals surface area contributed by atoms with Gasteiger partial charge < -0.3 is 5.32 Å². The van der Waals surface area contributed by atoms with Crippen molar-refractivity contribution >= 4 is 46.3 Å². The number of carbonyl (C=O) groups excluding carboxylic acids is 1. The van der Waals surface area contributed by atoms with Crippen LogP contribution in [0.25, 0.3) is 0 Å². The van der Waals surface area contributed by atoms with Gasteiger partial charge in [-0.05, 0) is 36.4 Å². The topological polar surface area (TPSA) is 42.0 Å². The minimum absolute atomic E-state index is 0.172. The van der Waals surface area contributed by atoms with Gasteiger partial charge in [-0.1, -0.05) is 23.7 Å². The molecule has 0 saturated heterocycles. The quantitative estimate of drug-likeness (QED) is 0.624. The molecule has 1 heterocycles. The summed E-state index contributed by atoms with van der Waals surface area (Å²) >= 11 is 9.34. The molecule has 3 aromatic rings. The number of aromatic nitrogens is 1. The zero-order valence-electron chi connectivity index (χ0n) is 12.0. The van der Waals surface area contributed by atoms with Crippen LogP contribution in [0.1, 0.15) is 16.1 Å². The predicted octanol–water partition coefficient (Wildman–Crippen LogP) is 5.34. The highest BCUT2D eigenvalue weighted by molar-refractivity contribution is 7.98. The van der Waals surface area contributed by atoms with Gasteiger partial charge in [0.2, 0.25) is 0 Å². The second-order valence-electron chi connectivity index (χ2n) is 4.73. The summed E-state index contributed by atoms with van der Waals surface area (Å²) in [6.45, 7) is 0. The maximum atomic E-state index is 12.2. The average molecular weight is 361 g/mol. The lowest BCUT2D eigenvalue weighted by Gasteiger charge is -2.07. The second-order valence-corrected chi connectivity index (χ2v) is 6.90. The van der Waals surface area contributed by atoms with Crippen LogP contribution >= 0.6 is 34.7 Å². The largest absolute Gasteiger partial charge is 0.321 e. The van der Waals surface area contributed by atoms with E-state index in [-0.39, 0.29) is 5.91 Å². The molecule has 1 amide bonds. The third-order valence-electron chi connectivity index (χ3n) is 3.11. The molecule has 2 aromatic carbocycles. The van der Waals surface area contributed by atoms with Crippen molar-refractivity contribution in [3.8, 4) is 0 Å². The summed E-state index contributed by atoms with van der Waals surface area (Å²) in [6.07, 6.45) is 0. The maximum Gasteiger partial charge on any atom is 0.255 e. The standard InChI is InChI=1S/C17H13ClN2OS2/c18-15-3-1-2-4-16(15)20-17(21)12-5-7-14(8-6-12)23-10-13-9-22-11-19-13/h1-9,11H,10H2,(H,20,21). The van der Waals surface area contributed by atoms with Crippen LogP contribution in [0.3, 0.4) is 0 Å². The second kappa shape index (κ2) is 7.64.